The van der Waals surface area contributed by atoms with Gasteiger partial charge in [-0.25, -0.2) is 12.7 Å². The van der Waals surface area contributed by atoms with E-state index in [2.05, 4.69) is 5.16 Å². The summed E-state index contributed by atoms with van der Waals surface area (Å²) in [6.07, 6.45) is 1.74. The van der Waals surface area contributed by atoms with E-state index >= 15 is 0 Å². The van der Waals surface area contributed by atoms with Gasteiger partial charge in [0.25, 0.3) is 0 Å². The molecule has 14 heavy (non-hydrogen) atoms. The lowest BCUT2D eigenvalue weighted by Crippen LogP contribution is -2.33. The molecule has 0 radical (unpaired) electrons. The van der Waals surface area contributed by atoms with Crippen molar-refractivity contribution in [1.82, 2.24) is 4.31 Å². The van der Waals surface area contributed by atoms with Crippen LogP contribution < -0.4 is 5.73 Å². The molecule has 1 aliphatic carbocycles. The van der Waals surface area contributed by atoms with Gasteiger partial charge in [0.15, 0.2) is 0 Å². The molecule has 82 valence electrons. The summed E-state index contributed by atoms with van der Waals surface area (Å²) < 4.78 is 24.4. The molecule has 0 unspecified atom stereocenters. The molecule has 0 aromatic heterocycles. The van der Waals surface area contributed by atoms with E-state index in [9.17, 15) is 8.42 Å². The van der Waals surface area contributed by atoms with Crippen molar-refractivity contribution in [3.63, 3.8) is 0 Å². The second-order valence-electron chi connectivity index (χ2n) is 3.41. The van der Waals surface area contributed by atoms with Crippen LogP contribution in [0.3, 0.4) is 0 Å². The summed E-state index contributed by atoms with van der Waals surface area (Å²) >= 11 is 0. The Bertz CT molecular complexity index is 321. The molecule has 0 bridgehead atoms. The fourth-order valence-corrected chi connectivity index (χ4v) is 2.66. The van der Waals surface area contributed by atoms with Crippen molar-refractivity contribution < 1.29 is 13.6 Å². The molecule has 0 aromatic rings. The zero-order valence-electron chi connectivity index (χ0n) is 8.05. The maximum Gasteiger partial charge on any atom is 0.216 e. The van der Waals surface area contributed by atoms with Gasteiger partial charge in [-0.15, -0.1) is 0 Å². The van der Waals surface area contributed by atoms with Crippen molar-refractivity contribution in [3.8, 4) is 0 Å². The molecule has 6 nitrogen and oxygen atoms in total. The smallest absolute Gasteiger partial charge is 0.216 e. The Morgan fingerprint density at radius 3 is 2.64 bits per heavy atom. The van der Waals surface area contributed by atoms with Crippen molar-refractivity contribution in [2.24, 2.45) is 10.9 Å². The third-order valence-electron chi connectivity index (χ3n) is 2.19. The van der Waals surface area contributed by atoms with Gasteiger partial charge < -0.3 is 10.9 Å². The Morgan fingerprint density at radius 2 is 2.21 bits per heavy atom. The van der Waals surface area contributed by atoms with Crippen LogP contribution in [0, 0.1) is 0 Å². The topological polar surface area (TPSA) is 96.0 Å². The third kappa shape index (κ3) is 2.58. The van der Waals surface area contributed by atoms with Gasteiger partial charge in [-0.2, -0.15) is 0 Å². The average molecular weight is 221 g/mol. The lowest BCUT2D eigenvalue weighted by molar-refractivity contribution is 0.316. The van der Waals surface area contributed by atoms with E-state index in [1.165, 1.54) is 11.4 Å². The van der Waals surface area contributed by atoms with E-state index in [0.717, 1.165) is 12.8 Å². The second-order valence-corrected chi connectivity index (χ2v) is 5.73. The Balaban J connectivity index is 2.45. The molecule has 0 aliphatic heterocycles. The van der Waals surface area contributed by atoms with Gasteiger partial charge in [-0.1, -0.05) is 5.16 Å². The van der Waals surface area contributed by atoms with E-state index in [0.29, 0.717) is 0 Å². The molecule has 0 amide bonds. The van der Waals surface area contributed by atoms with Crippen molar-refractivity contribution in [3.05, 3.63) is 0 Å². The zero-order valence-corrected chi connectivity index (χ0v) is 8.87. The van der Waals surface area contributed by atoms with Crippen molar-refractivity contribution in [1.29, 1.82) is 0 Å². The van der Waals surface area contributed by atoms with E-state index < -0.39 is 10.0 Å². The highest BCUT2D eigenvalue weighted by Gasteiger charge is 2.38. The molecule has 1 rings (SSSR count). The van der Waals surface area contributed by atoms with Gasteiger partial charge in [0.2, 0.25) is 10.0 Å². The summed E-state index contributed by atoms with van der Waals surface area (Å²) in [5, 5.41) is 10.8. The molecule has 0 spiro atoms. The van der Waals surface area contributed by atoms with Crippen LogP contribution in [0.4, 0.5) is 0 Å². The molecular weight excluding hydrogens is 206 g/mol. The normalized spacial score (nSPS) is 18.9. The number of nitrogens with zero attached hydrogens (tertiary/aromatic N) is 2. The Hall–Kier alpha value is -0.820. The summed E-state index contributed by atoms with van der Waals surface area (Å²) in [6, 6.07) is 0. The van der Waals surface area contributed by atoms with Crippen molar-refractivity contribution in [2.45, 2.75) is 24.5 Å². The molecule has 0 saturated heterocycles. The van der Waals surface area contributed by atoms with Crippen LogP contribution in [0.1, 0.15) is 19.3 Å². The van der Waals surface area contributed by atoms with Crippen molar-refractivity contribution >= 4 is 15.9 Å². The predicted molar refractivity (Wildman–Crippen MR) is 52.6 cm³/mol. The fraction of sp³-hybridized carbons (Fsp3) is 0.857. The minimum absolute atomic E-state index is 0.0443. The lowest BCUT2D eigenvalue weighted by Gasteiger charge is -2.15. The number of hydrogen-bond donors (Lipinski definition) is 2. The molecule has 0 aromatic carbocycles. The first-order chi connectivity index (χ1) is 6.48. The van der Waals surface area contributed by atoms with E-state index in [1.807, 2.05) is 0 Å². The van der Waals surface area contributed by atoms with Crippen LogP contribution in [0.2, 0.25) is 0 Å². The summed E-state index contributed by atoms with van der Waals surface area (Å²) in [4.78, 5) is 0. The standard InChI is InChI=1S/C7H15N3O3S/c1-10(5-4-7(8)9-11)14(12,13)6-2-3-6/h6,11H,2-5H2,1H3,(H2,8,9). The van der Waals surface area contributed by atoms with Gasteiger partial charge in [0.1, 0.15) is 5.84 Å². The molecule has 0 atom stereocenters. The number of nitrogens with two attached hydrogens (primary N) is 1. The van der Waals surface area contributed by atoms with E-state index in [4.69, 9.17) is 10.9 Å². The largest absolute Gasteiger partial charge is 0.409 e. The molecule has 1 saturated carbocycles. The summed E-state index contributed by atoms with van der Waals surface area (Å²) in [7, 11) is -1.62. The van der Waals surface area contributed by atoms with Crippen LogP contribution >= 0.6 is 0 Å². The summed E-state index contributed by atoms with van der Waals surface area (Å²) in [5.41, 5.74) is 5.23. The van der Waals surface area contributed by atoms with Gasteiger partial charge in [0, 0.05) is 20.0 Å². The van der Waals surface area contributed by atoms with Gasteiger partial charge >= 0.3 is 0 Å². The van der Waals surface area contributed by atoms with Crippen LogP contribution in [0.5, 0.6) is 0 Å². The first kappa shape index (κ1) is 11.3. The Kier molecular flexibility index (Phi) is 3.33. The zero-order chi connectivity index (χ0) is 10.8. The molecular formula is C7H15N3O3S. The van der Waals surface area contributed by atoms with Crippen LogP contribution in [-0.2, 0) is 10.0 Å². The van der Waals surface area contributed by atoms with Crippen LogP contribution in [-0.4, -0.2) is 42.6 Å². The highest BCUT2D eigenvalue weighted by Crippen LogP contribution is 2.30. The summed E-state index contributed by atoms with van der Waals surface area (Å²) in [5.74, 6) is 0.0443. The summed E-state index contributed by atoms with van der Waals surface area (Å²) in [6.45, 7) is 0.259. The highest BCUT2D eigenvalue weighted by molar-refractivity contribution is 7.90. The number of sulfonamides is 1. The fourth-order valence-electron chi connectivity index (χ4n) is 1.07. The van der Waals surface area contributed by atoms with Crippen molar-refractivity contribution in [2.75, 3.05) is 13.6 Å². The molecule has 0 heterocycles. The monoisotopic (exact) mass is 221 g/mol. The van der Waals surface area contributed by atoms with E-state index in [1.54, 1.807) is 0 Å². The minimum Gasteiger partial charge on any atom is -0.409 e. The minimum atomic E-state index is -3.13. The van der Waals surface area contributed by atoms with Crippen LogP contribution in [0.15, 0.2) is 5.16 Å². The maximum atomic E-state index is 11.6. The first-order valence-corrected chi connectivity index (χ1v) is 5.90. The third-order valence-corrected chi connectivity index (χ3v) is 4.56. The first-order valence-electron chi connectivity index (χ1n) is 4.40. The van der Waals surface area contributed by atoms with Crippen LogP contribution in [0.25, 0.3) is 0 Å². The Morgan fingerprint density at radius 1 is 1.64 bits per heavy atom. The number of amidine groups is 1. The van der Waals surface area contributed by atoms with E-state index in [-0.39, 0.29) is 24.1 Å². The number of oxime groups is 1. The maximum absolute atomic E-state index is 11.6. The number of hydrogen-bond acceptors (Lipinski definition) is 4. The quantitative estimate of drug-likeness (QED) is 0.284. The van der Waals surface area contributed by atoms with Gasteiger partial charge in [0.05, 0.1) is 5.25 Å². The molecule has 7 heteroatoms. The molecule has 3 N–H and O–H groups in total. The Labute approximate surface area is 83.4 Å². The predicted octanol–water partition coefficient (Wildman–Crippen LogP) is -0.453. The second kappa shape index (κ2) is 4.14. The molecule has 1 aliphatic rings. The lowest BCUT2D eigenvalue weighted by atomic mass is 10.4. The highest BCUT2D eigenvalue weighted by atomic mass is 32.2. The number of rotatable bonds is 5. The van der Waals surface area contributed by atoms with Gasteiger partial charge in [-0.05, 0) is 12.8 Å². The SMILES string of the molecule is CN(CCC(N)=NO)S(=O)(=O)C1CC1. The van der Waals surface area contributed by atoms with Gasteiger partial charge in [-0.3, -0.25) is 0 Å². The average Bonchev–Trinajstić information content (AvgIpc) is 2.96. The molecule has 1 fully saturated rings.